The van der Waals surface area contributed by atoms with E-state index in [0.29, 0.717) is 23.7 Å². The van der Waals surface area contributed by atoms with Crippen LogP contribution in [0, 0.1) is 0 Å². The number of methoxy groups -OCH3 is 1. The number of nitrogens with one attached hydrogen (secondary N) is 2. The molecular formula is C20H23N3O5. The average Bonchev–Trinajstić information content (AvgIpc) is 3.09. The summed E-state index contributed by atoms with van der Waals surface area (Å²) in [6.07, 6.45) is 0. The van der Waals surface area contributed by atoms with Gasteiger partial charge in [0.05, 0.1) is 19.3 Å². The number of rotatable bonds is 7. The Morgan fingerprint density at radius 3 is 2.64 bits per heavy atom. The van der Waals surface area contributed by atoms with Gasteiger partial charge < -0.3 is 24.8 Å². The first-order valence-corrected chi connectivity index (χ1v) is 8.77. The van der Waals surface area contributed by atoms with Gasteiger partial charge in [0.15, 0.2) is 11.5 Å². The lowest BCUT2D eigenvalue weighted by Crippen LogP contribution is -2.30. The van der Waals surface area contributed by atoms with Crippen molar-refractivity contribution in [1.29, 1.82) is 0 Å². The number of amides is 2. The van der Waals surface area contributed by atoms with Gasteiger partial charge in [-0.05, 0) is 42.9 Å². The summed E-state index contributed by atoms with van der Waals surface area (Å²) in [7, 11) is 3.38. The standard InChI is InChI=1S/C20H23N3O5/c1-13(24)21-15-5-7-17(26-3)16(9-15)22-20(25)11-23(2)10-14-4-6-18-19(8-14)28-12-27-18/h4-9H,10-12H2,1-3H3,(H,21,24)(H,22,25). The predicted octanol–water partition coefficient (Wildman–Crippen LogP) is 2.45. The molecule has 8 heteroatoms. The molecule has 2 aromatic carbocycles. The lowest BCUT2D eigenvalue weighted by atomic mass is 10.2. The first-order chi connectivity index (χ1) is 13.4. The van der Waals surface area contributed by atoms with E-state index < -0.39 is 0 Å². The number of hydrogen-bond acceptors (Lipinski definition) is 6. The molecule has 0 unspecified atom stereocenters. The molecule has 8 nitrogen and oxygen atoms in total. The largest absolute Gasteiger partial charge is 0.495 e. The van der Waals surface area contributed by atoms with Crippen molar-refractivity contribution in [3.05, 3.63) is 42.0 Å². The Balaban J connectivity index is 1.60. The molecule has 0 aromatic heterocycles. The quantitative estimate of drug-likeness (QED) is 0.761. The van der Waals surface area contributed by atoms with Crippen LogP contribution in [0.4, 0.5) is 11.4 Å². The third-order valence-electron chi connectivity index (χ3n) is 4.10. The number of likely N-dealkylation sites (N-methyl/N-ethyl adjacent to an activating group) is 1. The molecule has 28 heavy (non-hydrogen) atoms. The molecule has 1 aliphatic rings. The third-order valence-corrected chi connectivity index (χ3v) is 4.10. The SMILES string of the molecule is COc1ccc(NC(C)=O)cc1NC(=O)CN(C)Cc1ccc2c(c1)OCO2. The zero-order valence-corrected chi connectivity index (χ0v) is 16.1. The molecule has 2 N–H and O–H groups in total. The van der Waals surface area contributed by atoms with E-state index >= 15 is 0 Å². The van der Waals surface area contributed by atoms with Crippen LogP contribution in [0.25, 0.3) is 0 Å². The van der Waals surface area contributed by atoms with E-state index in [4.69, 9.17) is 14.2 Å². The molecule has 0 bridgehead atoms. The highest BCUT2D eigenvalue weighted by Crippen LogP contribution is 2.32. The van der Waals surface area contributed by atoms with Crippen LogP contribution in [-0.2, 0) is 16.1 Å². The van der Waals surface area contributed by atoms with Gasteiger partial charge in [-0.2, -0.15) is 0 Å². The van der Waals surface area contributed by atoms with Gasteiger partial charge in [0, 0.05) is 19.2 Å². The summed E-state index contributed by atoms with van der Waals surface area (Å²) in [6.45, 7) is 2.42. The molecule has 0 saturated heterocycles. The van der Waals surface area contributed by atoms with Crippen LogP contribution in [0.15, 0.2) is 36.4 Å². The summed E-state index contributed by atoms with van der Waals surface area (Å²) >= 11 is 0. The van der Waals surface area contributed by atoms with Crippen LogP contribution in [0.3, 0.4) is 0 Å². The summed E-state index contributed by atoms with van der Waals surface area (Å²) < 4.78 is 16.0. The maximum absolute atomic E-state index is 12.5. The van der Waals surface area contributed by atoms with Crippen LogP contribution in [0.2, 0.25) is 0 Å². The van der Waals surface area contributed by atoms with Crippen LogP contribution in [0.5, 0.6) is 17.2 Å². The van der Waals surface area contributed by atoms with Gasteiger partial charge in [0.1, 0.15) is 5.75 Å². The molecule has 3 rings (SSSR count). The fourth-order valence-corrected chi connectivity index (χ4v) is 2.93. The lowest BCUT2D eigenvalue weighted by Gasteiger charge is -2.18. The fourth-order valence-electron chi connectivity index (χ4n) is 2.93. The summed E-state index contributed by atoms with van der Waals surface area (Å²) in [4.78, 5) is 25.6. The number of benzene rings is 2. The molecule has 1 heterocycles. The van der Waals surface area contributed by atoms with Crippen molar-refractivity contribution in [1.82, 2.24) is 4.90 Å². The highest BCUT2D eigenvalue weighted by atomic mass is 16.7. The van der Waals surface area contributed by atoms with E-state index in [0.717, 1.165) is 17.1 Å². The van der Waals surface area contributed by atoms with Crippen molar-refractivity contribution in [2.75, 3.05) is 38.1 Å². The highest BCUT2D eigenvalue weighted by molar-refractivity contribution is 5.95. The lowest BCUT2D eigenvalue weighted by molar-refractivity contribution is -0.117. The number of hydrogen-bond donors (Lipinski definition) is 2. The number of carbonyl (C=O) groups is 2. The number of anilines is 2. The van der Waals surface area contributed by atoms with Crippen LogP contribution in [0.1, 0.15) is 12.5 Å². The maximum Gasteiger partial charge on any atom is 0.238 e. The smallest absolute Gasteiger partial charge is 0.238 e. The molecule has 0 fully saturated rings. The Kier molecular flexibility index (Phi) is 6.00. The summed E-state index contributed by atoms with van der Waals surface area (Å²) in [5.74, 6) is 1.58. The van der Waals surface area contributed by atoms with E-state index in [9.17, 15) is 9.59 Å². The predicted molar refractivity (Wildman–Crippen MR) is 105 cm³/mol. The van der Waals surface area contributed by atoms with E-state index in [-0.39, 0.29) is 25.2 Å². The van der Waals surface area contributed by atoms with Gasteiger partial charge in [-0.3, -0.25) is 14.5 Å². The van der Waals surface area contributed by atoms with Crippen molar-refractivity contribution in [2.24, 2.45) is 0 Å². The summed E-state index contributed by atoms with van der Waals surface area (Å²) in [5, 5.41) is 5.52. The Morgan fingerprint density at radius 1 is 1.11 bits per heavy atom. The Morgan fingerprint density at radius 2 is 1.89 bits per heavy atom. The van der Waals surface area contributed by atoms with Gasteiger partial charge in [-0.1, -0.05) is 6.07 Å². The van der Waals surface area contributed by atoms with E-state index in [1.54, 1.807) is 18.2 Å². The van der Waals surface area contributed by atoms with E-state index in [1.165, 1.54) is 14.0 Å². The molecule has 0 saturated carbocycles. The van der Waals surface area contributed by atoms with Crippen molar-refractivity contribution in [2.45, 2.75) is 13.5 Å². The van der Waals surface area contributed by atoms with Crippen molar-refractivity contribution in [3.8, 4) is 17.2 Å². The third kappa shape index (κ3) is 4.92. The second kappa shape index (κ2) is 8.62. The summed E-state index contributed by atoms with van der Waals surface area (Å²) in [6, 6.07) is 10.8. The zero-order valence-electron chi connectivity index (χ0n) is 16.1. The average molecular weight is 385 g/mol. The first-order valence-electron chi connectivity index (χ1n) is 8.77. The van der Waals surface area contributed by atoms with Crippen molar-refractivity contribution in [3.63, 3.8) is 0 Å². The minimum Gasteiger partial charge on any atom is -0.495 e. The molecule has 148 valence electrons. The highest BCUT2D eigenvalue weighted by Gasteiger charge is 2.15. The van der Waals surface area contributed by atoms with Gasteiger partial charge >= 0.3 is 0 Å². The normalized spacial score (nSPS) is 12.0. The zero-order chi connectivity index (χ0) is 20.1. The first kappa shape index (κ1) is 19.5. The van der Waals surface area contributed by atoms with E-state index in [1.807, 2.05) is 30.1 Å². The minimum absolute atomic E-state index is 0.183. The van der Waals surface area contributed by atoms with Gasteiger partial charge in [0.25, 0.3) is 0 Å². The summed E-state index contributed by atoms with van der Waals surface area (Å²) in [5.41, 5.74) is 2.09. The molecular weight excluding hydrogens is 362 g/mol. The van der Waals surface area contributed by atoms with Gasteiger partial charge in [0.2, 0.25) is 18.6 Å². The molecule has 2 aromatic rings. The Labute approximate surface area is 163 Å². The van der Waals surface area contributed by atoms with Gasteiger partial charge in [-0.15, -0.1) is 0 Å². The molecule has 0 aliphatic carbocycles. The second-order valence-electron chi connectivity index (χ2n) is 6.50. The Hall–Kier alpha value is -3.26. The van der Waals surface area contributed by atoms with Crippen LogP contribution in [-0.4, -0.2) is 44.2 Å². The van der Waals surface area contributed by atoms with Crippen LogP contribution >= 0.6 is 0 Å². The fraction of sp³-hybridized carbons (Fsp3) is 0.300. The van der Waals surface area contributed by atoms with E-state index in [2.05, 4.69) is 10.6 Å². The molecule has 2 amide bonds. The number of carbonyl (C=O) groups excluding carboxylic acids is 2. The molecule has 0 atom stereocenters. The topological polar surface area (TPSA) is 89.1 Å². The number of fused-ring (bicyclic) bond motifs is 1. The van der Waals surface area contributed by atoms with Crippen molar-refractivity contribution >= 4 is 23.2 Å². The minimum atomic E-state index is -0.193. The number of nitrogens with zero attached hydrogens (tertiary/aromatic N) is 1. The molecule has 0 spiro atoms. The monoisotopic (exact) mass is 385 g/mol. The molecule has 1 aliphatic heterocycles. The van der Waals surface area contributed by atoms with Gasteiger partial charge in [-0.25, -0.2) is 0 Å². The number of ether oxygens (including phenoxy) is 3. The maximum atomic E-state index is 12.5. The Bertz CT molecular complexity index is 884. The van der Waals surface area contributed by atoms with Crippen LogP contribution < -0.4 is 24.8 Å². The van der Waals surface area contributed by atoms with Crippen molar-refractivity contribution < 1.29 is 23.8 Å². The second-order valence-corrected chi connectivity index (χ2v) is 6.50. The molecule has 0 radical (unpaired) electrons.